The Bertz CT molecular complexity index is 719. The number of hydrogen-bond acceptors (Lipinski definition) is 3. The van der Waals surface area contributed by atoms with Gasteiger partial charge in [0.2, 0.25) is 0 Å². The number of hydrogen-bond donors (Lipinski definition) is 2. The van der Waals surface area contributed by atoms with Gasteiger partial charge in [0.1, 0.15) is 11.3 Å². The van der Waals surface area contributed by atoms with Crippen molar-refractivity contribution >= 4 is 35.1 Å². The molecule has 0 saturated heterocycles. The van der Waals surface area contributed by atoms with Crippen LogP contribution in [-0.4, -0.2) is 23.5 Å². The molecule has 0 aliphatic heterocycles. The summed E-state index contributed by atoms with van der Waals surface area (Å²) in [6.45, 7) is 2.05. The Hall–Kier alpha value is -1.98. The minimum Gasteiger partial charge on any atom is -0.478 e. The van der Waals surface area contributed by atoms with E-state index < -0.39 is 11.9 Å². The summed E-state index contributed by atoms with van der Waals surface area (Å²) in [7, 11) is 0. The van der Waals surface area contributed by atoms with Crippen LogP contribution < -0.4 is 5.32 Å². The molecule has 0 bridgehead atoms. The van der Waals surface area contributed by atoms with E-state index in [1.54, 1.807) is 25.1 Å². The number of halogens is 2. The Labute approximate surface area is 143 Å². The fraction of sp³-hybridized carbons (Fsp3) is 0.250. The first-order valence-corrected chi connectivity index (χ1v) is 7.76. The van der Waals surface area contributed by atoms with E-state index in [0.29, 0.717) is 29.4 Å². The SMILES string of the molecule is CCc1oc(C(=O)NCCc2c(Cl)cccc2Cl)cc1C(=O)O. The van der Waals surface area contributed by atoms with Crippen molar-refractivity contribution in [2.24, 2.45) is 0 Å². The van der Waals surface area contributed by atoms with Crippen molar-refractivity contribution in [3.8, 4) is 0 Å². The summed E-state index contributed by atoms with van der Waals surface area (Å²) in [4.78, 5) is 23.1. The van der Waals surface area contributed by atoms with E-state index in [1.807, 2.05) is 0 Å². The van der Waals surface area contributed by atoms with E-state index in [-0.39, 0.29) is 17.1 Å². The number of rotatable bonds is 6. The van der Waals surface area contributed by atoms with Crippen LogP contribution in [0.5, 0.6) is 0 Å². The van der Waals surface area contributed by atoms with Crippen LogP contribution >= 0.6 is 23.2 Å². The van der Waals surface area contributed by atoms with Crippen molar-refractivity contribution in [3.05, 3.63) is 57.0 Å². The molecule has 122 valence electrons. The molecule has 0 aliphatic rings. The fourth-order valence-corrected chi connectivity index (χ4v) is 2.73. The molecule has 0 saturated carbocycles. The lowest BCUT2D eigenvalue weighted by atomic mass is 10.1. The monoisotopic (exact) mass is 355 g/mol. The van der Waals surface area contributed by atoms with Gasteiger partial charge in [-0.2, -0.15) is 0 Å². The first-order chi connectivity index (χ1) is 10.9. The summed E-state index contributed by atoms with van der Waals surface area (Å²) in [5.74, 6) is -1.34. The van der Waals surface area contributed by atoms with Gasteiger partial charge in [0, 0.05) is 29.1 Å². The molecule has 0 fully saturated rings. The average Bonchev–Trinajstić information content (AvgIpc) is 2.94. The van der Waals surface area contributed by atoms with E-state index >= 15 is 0 Å². The molecule has 5 nitrogen and oxygen atoms in total. The molecule has 0 spiro atoms. The number of carbonyl (C=O) groups is 2. The molecule has 1 aromatic heterocycles. The van der Waals surface area contributed by atoms with E-state index in [0.717, 1.165) is 5.56 Å². The van der Waals surface area contributed by atoms with Gasteiger partial charge >= 0.3 is 5.97 Å². The van der Waals surface area contributed by atoms with Crippen LogP contribution in [0.2, 0.25) is 10.0 Å². The lowest BCUT2D eigenvalue weighted by Gasteiger charge is -2.07. The Morgan fingerprint density at radius 1 is 1.26 bits per heavy atom. The zero-order valence-corrected chi connectivity index (χ0v) is 13.9. The molecule has 0 atom stereocenters. The van der Waals surface area contributed by atoms with Crippen molar-refractivity contribution in [1.29, 1.82) is 0 Å². The third-order valence-electron chi connectivity index (χ3n) is 3.31. The molecule has 7 heteroatoms. The number of carboxylic acid groups (broad SMARTS) is 1. The number of amides is 1. The normalized spacial score (nSPS) is 10.6. The second-order valence-electron chi connectivity index (χ2n) is 4.81. The van der Waals surface area contributed by atoms with Crippen LogP contribution in [0.3, 0.4) is 0 Å². The summed E-state index contributed by atoms with van der Waals surface area (Å²) >= 11 is 12.1. The summed E-state index contributed by atoms with van der Waals surface area (Å²) in [5.41, 5.74) is 0.753. The van der Waals surface area contributed by atoms with Crippen molar-refractivity contribution < 1.29 is 19.1 Å². The lowest BCUT2D eigenvalue weighted by molar-refractivity contribution is 0.0694. The van der Waals surface area contributed by atoms with Gasteiger partial charge in [0.25, 0.3) is 5.91 Å². The predicted octanol–water partition coefficient (Wildman–Crippen LogP) is 3.82. The van der Waals surface area contributed by atoms with Crippen LogP contribution in [0.4, 0.5) is 0 Å². The van der Waals surface area contributed by atoms with Crippen LogP contribution in [0.25, 0.3) is 0 Å². The first-order valence-electron chi connectivity index (χ1n) is 7.01. The van der Waals surface area contributed by atoms with Gasteiger partial charge in [-0.05, 0) is 24.1 Å². The highest BCUT2D eigenvalue weighted by Gasteiger charge is 2.19. The maximum absolute atomic E-state index is 12.0. The molecule has 23 heavy (non-hydrogen) atoms. The van der Waals surface area contributed by atoms with Crippen LogP contribution in [0.15, 0.2) is 28.7 Å². The molecule has 0 unspecified atom stereocenters. The van der Waals surface area contributed by atoms with E-state index in [1.165, 1.54) is 6.07 Å². The van der Waals surface area contributed by atoms with Gasteiger partial charge in [-0.1, -0.05) is 36.2 Å². The molecule has 1 aromatic carbocycles. The van der Waals surface area contributed by atoms with Crippen molar-refractivity contribution in [3.63, 3.8) is 0 Å². The second kappa shape index (κ2) is 7.53. The molecule has 2 N–H and O–H groups in total. The van der Waals surface area contributed by atoms with Gasteiger partial charge in [-0.25, -0.2) is 4.79 Å². The van der Waals surface area contributed by atoms with Crippen LogP contribution in [-0.2, 0) is 12.8 Å². The topological polar surface area (TPSA) is 79.5 Å². The van der Waals surface area contributed by atoms with E-state index in [2.05, 4.69) is 5.32 Å². The molecule has 1 amide bonds. The Kier molecular flexibility index (Phi) is 5.69. The number of aryl methyl sites for hydroxylation is 1. The second-order valence-corrected chi connectivity index (χ2v) is 5.63. The van der Waals surface area contributed by atoms with Crippen molar-refractivity contribution in [2.45, 2.75) is 19.8 Å². The highest BCUT2D eigenvalue weighted by molar-refractivity contribution is 6.36. The van der Waals surface area contributed by atoms with Gasteiger partial charge in [0.15, 0.2) is 5.76 Å². The molecular formula is C16H15Cl2NO4. The third-order valence-corrected chi connectivity index (χ3v) is 4.01. The smallest absolute Gasteiger partial charge is 0.339 e. The van der Waals surface area contributed by atoms with Crippen LogP contribution in [0.1, 0.15) is 39.2 Å². The van der Waals surface area contributed by atoms with Crippen LogP contribution in [0, 0.1) is 0 Å². The number of benzene rings is 1. The predicted molar refractivity (Wildman–Crippen MR) is 87.5 cm³/mol. The number of aromatic carboxylic acids is 1. The molecule has 0 radical (unpaired) electrons. The molecule has 2 rings (SSSR count). The maximum atomic E-state index is 12.0. The standard InChI is InChI=1S/C16H15Cl2NO4/c1-2-13-10(16(21)22)8-14(23-13)15(20)19-7-6-9-11(17)4-3-5-12(9)18/h3-5,8H,2,6-7H2,1H3,(H,19,20)(H,21,22). The number of nitrogens with one attached hydrogen (secondary N) is 1. The minimum atomic E-state index is -1.12. The summed E-state index contributed by atoms with van der Waals surface area (Å²) in [6, 6.07) is 6.43. The van der Waals surface area contributed by atoms with Gasteiger partial charge in [0.05, 0.1) is 0 Å². The summed E-state index contributed by atoms with van der Waals surface area (Å²) in [5, 5.41) is 12.8. The van der Waals surface area contributed by atoms with Crippen molar-refractivity contribution in [2.75, 3.05) is 6.54 Å². The van der Waals surface area contributed by atoms with E-state index in [4.69, 9.17) is 32.7 Å². The third kappa shape index (κ3) is 4.06. The summed E-state index contributed by atoms with van der Waals surface area (Å²) < 4.78 is 5.29. The number of carboxylic acids is 1. The molecular weight excluding hydrogens is 341 g/mol. The average molecular weight is 356 g/mol. The quantitative estimate of drug-likeness (QED) is 0.825. The minimum absolute atomic E-state index is 0.00629. The Morgan fingerprint density at radius 2 is 1.91 bits per heavy atom. The largest absolute Gasteiger partial charge is 0.478 e. The maximum Gasteiger partial charge on any atom is 0.339 e. The first kappa shape index (κ1) is 17.4. The molecule has 0 aliphatic carbocycles. The zero-order valence-electron chi connectivity index (χ0n) is 12.4. The fourth-order valence-electron chi connectivity index (χ4n) is 2.14. The van der Waals surface area contributed by atoms with Gasteiger partial charge < -0.3 is 14.8 Å². The Balaban J connectivity index is 2.02. The zero-order chi connectivity index (χ0) is 17.0. The molecule has 2 aromatic rings. The van der Waals surface area contributed by atoms with Gasteiger partial charge in [-0.15, -0.1) is 0 Å². The van der Waals surface area contributed by atoms with E-state index in [9.17, 15) is 9.59 Å². The Morgan fingerprint density at radius 3 is 2.43 bits per heavy atom. The molecule has 1 heterocycles. The highest BCUT2D eigenvalue weighted by Crippen LogP contribution is 2.24. The summed E-state index contributed by atoms with van der Waals surface area (Å²) in [6.07, 6.45) is 0.849. The number of furan rings is 1. The number of carbonyl (C=O) groups excluding carboxylic acids is 1. The highest BCUT2D eigenvalue weighted by atomic mass is 35.5. The van der Waals surface area contributed by atoms with Gasteiger partial charge in [-0.3, -0.25) is 4.79 Å². The lowest BCUT2D eigenvalue weighted by Crippen LogP contribution is -2.25. The van der Waals surface area contributed by atoms with Crippen molar-refractivity contribution in [1.82, 2.24) is 5.32 Å².